The molecule has 0 bridgehead atoms. The van der Waals surface area contributed by atoms with Gasteiger partial charge in [-0.1, -0.05) is 0 Å². The highest BCUT2D eigenvalue weighted by atomic mass is 16.6. The fourth-order valence-electron chi connectivity index (χ4n) is 3.33. The summed E-state index contributed by atoms with van der Waals surface area (Å²) in [5.41, 5.74) is -0.0113. The minimum atomic E-state index is -0.0113. The number of hydrogen-bond donors (Lipinski definition) is 0. The number of carbonyl (C=O) groups excluding carboxylic acids is 1. The second-order valence-corrected chi connectivity index (χ2v) is 5.35. The van der Waals surface area contributed by atoms with E-state index in [1.165, 1.54) is 32.1 Å². The molecule has 0 amide bonds. The van der Waals surface area contributed by atoms with Crippen LogP contribution in [0.5, 0.6) is 0 Å². The zero-order valence-electron chi connectivity index (χ0n) is 8.63. The molecule has 1 spiro atoms. The van der Waals surface area contributed by atoms with Crippen molar-refractivity contribution in [1.82, 2.24) is 0 Å². The molecule has 1 heterocycles. The largest absolute Gasteiger partial charge is 0.459 e. The normalized spacial score (nSPS) is 42.9. The Hall–Kier alpha value is -0.530. The molecular weight excluding hydrogens is 176 g/mol. The number of esters is 1. The van der Waals surface area contributed by atoms with Gasteiger partial charge in [0, 0.05) is 6.42 Å². The van der Waals surface area contributed by atoms with Crippen LogP contribution in [-0.4, -0.2) is 11.6 Å². The standard InChI is InChI=1S/C12H18O2/c13-11-5-7-12(14-11)6-1-2-10(8-12)9-3-4-9/h9-10H,1-8H2. The Morgan fingerprint density at radius 1 is 1.14 bits per heavy atom. The maximum absolute atomic E-state index is 11.2. The maximum Gasteiger partial charge on any atom is 0.306 e. The summed E-state index contributed by atoms with van der Waals surface area (Å²) in [6.45, 7) is 0. The van der Waals surface area contributed by atoms with Crippen molar-refractivity contribution in [2.24, 2.45) is 11.8 Å². The highest BCUT2D eigenvalue weighted by Gasteiger charge is 2.47. The van der Waals surface area contributed by atoms with Crippen LogP contribution in [0.1, 0.15) is 51.4 Å². The van der Waals surface area contributed by atoms with Gasteiger partial charge in [0.05, 0.1) is 0 Å². The molecule has 2 atom stereocenters. The third-order valence-electron chi connectivity index (χ3n) is 4.25. The molecule has 1 aliphatic heterocycles. The van der Waals surface area contributed by atoms with E-state index in [0.717, 1.165) is 24.7 Å². The summed E-state index contributed by atoms with van der Waals surface area (Å²) in [6, 6.07) is 0. The van der Waals surface area contributed by atoms with Crippen LogP contribution in [0.15, 0.2) is 0 Å². The summed E-state index contributed by atoms with van der Waals surface area (Å²) in [5.74, 6) is 1.89. The first-order valence-electron chi connectivity index (χ1n) is 5.99. The van der Waals surface area contributed by atoms with Crippen LogP contribution < -0.4 is 0 Å². The average Bonchev–Trinajstić information content (AvgIpc) is 2.95. The summed E-state index contributed by atoms with van der Waals surface area (Å²) < 4.78 is 5.56. The highest BCUT2D eigenvalue weighted by Crippen LogP contribution is 2.50. The van der Waals surface area contributed by atoms with Crippen LogP contribution in [0.4, 0.5) is 0 Å². The molecule has 0 aromatic heterocycles. The van der Waals surface area contributed by atoms with Crippen molar-refractivity contribution in [3.63, 3.8) is 0 Å². The molecule has 78 valence electrons. The van der Waals surface area contributed by atoms with Gasteiger partial charge in [-0.05, 0) is 56.8 Å². The lowest BCUT2D eigenvalue weighted by Gasteiger charge is -2.36. The molecule has 3 aliphatic rings. The van der Waals surface area contributed by atoms with E-state index in [1.54, 1.807) is 0 Å². The van der Waals surface area contributed by atoms with E-state index in [9.17, 15) is 4.79 Å². The van der Waals surface area contributed by atoms with Gasteiger partial charge in [0.2, 0.25) is 0 Å². The van der Waals surface area contributed by atoms with E-state index in [2.05, 4.69) is 0 Å². The van der Waals surface area contributed by atoms with Gasteiger partial charge < -0.3 is 4.74 Å². The van der Waals surface area contributed by atoms with Crippen LogP contribution >= 0.6 is 0 Å². The van der Waals surface area contributed by atoms with Crippen molar-refractivity contribution >= 4 is 5.97 Å². The van der Waals surface area contributed by atoms with E-state index in [1.807, 2.05) is 0 Å². The fourth-order valence-corrected chi connectivity index (χ4v) is 3.33. The predicted molar refractivity (Wildman–Crippen MR) is 52.7 cm³/mol. The van der Waals surface area contributed by atoms with Crippen molar-refractivity contribution in [2.75, 3.05) is 0 Å². The molecule has 2 unspecified atom stereocenters. The molecule has 2 heteroatoms. The number of ether oxygens (including phenoxy) is 1. The summed E-state index contributed by atoms with van der Waals surface area (Å²) >= 11 is 0. The molecule has 0 radical (unpaired) electrons. The van der Waals surface area contributed by atoms with Crippen LogP contribution in [0.3, 0.4) is 0 Å². The SMILES string of the molecule is O=C1CCC2(CCCC(C3CC3)C2)O1. The third-order valence-corrected chi connectivity index (χ3v) is 4.25. The quantitative estimate of drug-likeness (QED) is 0.600. The van der Waals surface area contributed by atoms with Gasteiger partial charge in [-0.2, -0.15) is 0 Å². The molecule has 14 heavy (non-hydrogen) atoms. The van der Waals surface area contributed by atoms with Crippen LogP contribution in [-0.2, 0) is 9.53 Å². The summed E-state index contributed by atoms with van der Waals surface area (Å²) in [5, 5.41) is 0. The Bertz CT molecular complexity index is 257. The van der Waals surface area contributed by atoms with E-state index in [4.69, 9.17) is 4.74 Å². The highest BCUT2D eigenvalue weighted by molar-refractivity contribution is 5.72. The first kappa shape index (κ1) is 8.75. The number of hydrogen-bond acceptors (Lipinski definition) is 2. The van der Waals surface area contributed by atoms with Gasteiger partial charge in [0.25, 0.3) is 0 Å². The Morgan fingerprint density at radius 3 is 2.64 bits per heavy atom. The zero-order valence-corrected chi connectivity index (χ0v) is 8.63. The maximum atomic E-state index is 11.2. The molecule has 3 fully saturated rings. The van der Waals surface area contributed by atoms with Gasteiger partial charge in [-0.3, -0.25) is 4.79 Å². The van der Waals surface area contributed by atoms with Gasteiger partial charge in [0.15, 0.2) is 0 Å². The molecule has 0 aromatic rings. The van der Waals surface area contributed by atoms with Gasteiger partial charge in [-0.25, -0.2) is 0 Å². The minimum absolute atomic E-state index is 0.0113. The molecule has 0 aromatic carbocycles. The van der Waals surface area contributed by atoms with Crippen LogP contribution in [0.25, 0.3) is 0 Å². The number of rotatable bonds is 1. The Kier molecular flexibility index (Phi) is 1.86. The molecule has 2 saturated carbocycles. The zero-order chi connectivity index (χ0) is 9.60. The molecule has 3 rings (SSSR count). The summed E-state index contributed by atoms with van der Waals surface area (Å²) in [7, 11) is 0. The van der Waals surface area contributed by atoms with Crippen molar-refractivity contribution in [1.29, 1.82) is 0 Å². The topological polar surface area (TPSA) is 26.3 Å². The van der Waals surface area contributed by atoms with Crippen molar-refractivity contribution in [2.45, 2.75) is 57.0 Å². The first-order valence-corrected chi connectivity index (χ1v) is 5.99. The van der Waals surface area contributed by atoms with Crippen LogP contribution in [0, 0.1) is 11.8 Å². The van der Waals surface area contributed by atoms with Crippen molar-refractivity contribution < 1.29 is 9.53 Å². The lowest BCUT2D eigenvalue weighted by molar-refractivity contribution is -0.152. The van der Waals surface area contributed by atoms with E-state index >= 15 is 0 Å². The second-order valence-electron chi connectivity index (χ2n) is 5.35. The Morgan fingerprint density at radius 2 is 2.00 bits per heavy atom. The Labute approximate surface area is 85.0 Å². The van der Waals surface area contributed by atoms with Gasteiger partial charge >= 0.3 is 5.97 Å². The van der Waals surface area contributed by atoms with E-state index in [-0.39, 0.29) is 11.6 Å². The molecule has 1 saturated heterocycles. The summed E-state index contributed by atoms with van der Waals surface area (Å²) in [4.78, 5) is 11.2. The minimum Gasteiger partial charge on any atom is -0.459 e. The second kappa shape index (κ2) is 2.98. The average molecular weight is 194 g/mol. The third kappa shape index (κ3) is 1.45. The van der Waals surface area contributed by atoms with Crippen molar-refractivity contribution in [3.8, 4) is 0 Å². The molecule has 2 aliphatic carbocycles. The molecular formula is C12H18O2. The molecule has 2 nitrogen and oxygen atoms in total. The van der Waals surface area contributed by atoms with Gasteiger partial charge in [0.1, 0.15) is 5.60 Å². The first-order chi connectivity index (χ1) is 6.77. The van der Waals surface area contributed by atoms with Crippen LogP contribution in [0.2, 0.25) is 0 Å². The van der Waals surface area contributed by atoms with Crippen molar-refractivity contribution in [3.05, 3.63) is 0 Å². The predicted octanol–water partition coefficient (Wildman–Crippen LogP) is 2.66. The van der Waals surface area contributed by atoms with E-state index < -0.39 is 0 Å². The summed E-state index contributed by atoms with van der Waals surface area (Å²) in [6.07, 6.45) is 9.46. The van der Waals surface area contributed by atoms with Gasteiger partial charge in [-0.15, -0.1) is 0 Å². The lowest BCUT2D eigenvalue weighted by Crippen LogP contribution is -2.35. The number of carbonyl (C=O) groups is 1. The monoisotopic (exact) mass is 194 g/mol. The lowest BCUT2D eigenvalue weighted by atomic mass is 9.75. The van der Waals surface area contributed by atoms with E-state index in [0.29, 0.717) is 6.42 Å². The Balaban J connectivity index is 1.70. The smallest absolute Gasteiger partial charge is 0.306 e. The molecule has 0 N–H and O–H groups in total. The fraction of sp³-hybridized carbons (Fsp3) is 0.917.